The monoisotopic (exact) mass is 274 g/mol. The predicted molar refractivity (Wildman–Crippen MR) is 86.9 cm³/mol. The second kappa shape index (κ2) is 6.73. The lowest BCUT2D eigenvalue weighted by Gasteiger charge is -2.50. The third kappa shape index (κ3) is 3.07. The van der Waals surface area contributed by atoms with Crippen molar-refractivity contribution in [1.29, 1.82) is 0 Å². The maximum Gasteiger partial charge on any atom is 0.0506 e. The summed E-state index contributed by atoms with van der Waals surface area (Å²) in [5, 5.41) is 3.77. The number of likely N-dealkylation sites (N-methyl/N-ethyl adjacent to an activating group) is 2. The van der Waals surface area contributed by atoms with Gasteiger partial charge < -0.3 is 10.2 Å². The van der Waals surface area contributed by atoms with Crippen LogP contribution >= 0.6 is 0 Å². The van der Waals surface area contributed by atoms with Crippen molar-refractivity contribution < 1.29 is 0 Å². The molecule has 0 radical (unpaired) electrons. The quantitative estimate of drug-likeness (QED) is 0.877. The number of nitrogens with zero attached hydrogens (tertiary/aromatic N) is 1. The van der Waals surface area contributed by atoms with Gasteiger partial charge in [0, 0.05) is 5.54 Å². The molecular formula is C18H30N2. The third-order valence-corrected chi connectivity index (χ3v) is 4.98. The molecule has 1 saturated carbocycles. The Morgan fingerprint density at radius 3 is 2.55 bits per heavy atom. The van der Waals surface area contributed by atoms with Crippen LogP contribution in [0.2, 0.25) is 0 Å². The molecule has 0 saturated heterocycles. The Kier molecular flexibility index (Phi) is 5.22. The van der Waals surface area contributed by atoms with Crippen LogP contribution in [0.3, 0.4) is 0 Å². The Balaban J connectivity index is 2.37. The molecule has 0 aromatic heterocycles. The van der Waals surface area contributed by atoms with E-state index in [-0.39, 0.29) is 5.54 Å². The van der Waals surface area contributed by atoms with Crippen LogP contribution in [0.25, 0.3) is 0 Å². The molecule has 2 nitrogen and oxygen atoms in total. The van der Waals surface area contributed by atoms with Crippen molar-refractivity contribution in [1.82, 2.24) is 10.2 Å². The predicted octanol–water partition coefficient (Wildman–Crippen LogP) is 3.85. The second-order valence-electron chi connectivity index (χ2n) is 6.60. The smallest absolute Gasteiger partial charge is 0.0506 e. The molecule has 1 aliphatic carbocycles. The summed E-state index contributed by atoms with van der Waals surface area (Å²) in [6, 6.07) is 11.4. The summed E-state index contributed by atoms with van der Waals surface area (Å²) in [7, 11) is 4.51. The first-order chi connectivity index (χ1) is 9.60. The van der Waals surface area contributed by atoms with Crippen LogP contribution in [0.4, 0.5) is 0 Å². The van der Waals surface area contributed by atoms with E-state index in [1.54, 1.807) is 0 Å². The van der Waals surface area contributed by atoms with Gasteiger partial charge in [0.1, 0.15) is 0 Å². The lowest BCUT2D eigenvalue weighted by atomic mass is 9.69. The molecule has 0 heterocycles. The lowest BCUT2D eigenvalue weighted by Crippen LogP contribution is -2.56. The van der Waals surface area contributed by atoms with Gasteiger partial charge in [-0.3, -0.25) is 0 Å². The highest BCUT2D eigenvalue weighted by Gasteiger charge is 2.43. The minimum Gasteiger partial charge on any atom is -0.309 e. The van der Waals surface area contributed by atoms with Gasteiger partial charge in [0.05, 0.1) is 6.04 Å². The van der Waals surface area contributed by atoms with E-state index in [9.17, 15) is 0 Å². The van der Waals surface area contributed by atoms with E-state index in [1.807, 2.05) is 0 Å². The molecule has 0 amide bonds. The molecule has 0 aliphatic heterocycles. The molecule has 0 spiro atoms. The van der Waals surface area contributed by atoms with Crippen LogP contribution in [0.5, 0.6) is 0 Å². The third-order valence-electron chi connectivity index (χ3n) is 4.98. The lowest BCUT2D eigenvalue weighted by molar-refractivity contribution is 0.0372. The van der Waals surface area contributed by atoms with Crippen LogP contribution in [0.1, 0.15) is 51.1 Å². The Morgan fingerprint density at radius 2 is 2.00 bits per heavy atom. The molecule has 1 N–H and O–H groups in total. The summed E-state index contributed by atoms with van der Waals surface area (Å²) in [5.74, 6) is 0.816. The van der Waals surface area contributed by atoms with Gasteiger partial charge in [-0.05, 0) is 45.0 Å². The van der Waals surface area contributed by atoms with Crippen molar-refractivity contribution >= 4 is 0 Å². The number of rotatable bonds is 5. The van der Waals surface area contributed by atoms with Gasteiger partial charge in [0.2, 0.25) is 0 Å². The van der Waals surface area contributed by atoms with E-state index in [4.69, 9.17) is 0 Å². The Bertz CT molecular complexity index is 401. The fourth-order valence-electron chi connectivity index (χ4n) is 3.96. The SMILES string of the molecule is CCNC(c1ccccc1)C1(N(C)C)CCCC(C)C1. The maximum atomic E-state index is 3.77. The minimum atomic E-state index is 0.245. The van der Waals surface area contributed by atoms with Crippen LogP contribution in [-0.2, 0) is 0 Å². The van der Waals surface area contributed by atoms with Crippen molar-refractivity contribution in [3.05, 3.63) is 35.9 Å². The highest BCUT2D eigenvalue weighted by atomic mass is 15.2. The van der Waals surface area contributed by atoms with Gasteiger partial charge in [-0.1, -0.05) is 57.0 Å². The number of nitrogens with one attached hydrogen (secondary N) is 1. The first-order valence-electron chi connectivity index (χ1n) is 8.06. The minimum absolute atomic E-state index is 0.245. The van der Waals surface area contributed by atoms with Gasteiger partial charge in [-0.25, -0.2) is 0 Å². The molecule has 1 fully saturated rings. The average Bonchev–Trinajstić information content (AvgIpc) is 2.45. The molecule has 20 heavy (non-hydrogen) atoms. The molecular weight excluding hydrogens is 244 g/mol. The zero-order valence-electron chi connectivity index (χ0n) is 13.5. The maximum absolute atomic E-state index is 3.77. The van der Waals surface area contributed by atoms with Crippen molar-refractivity contribution in [2.45, 2.75) is 51.1 Å². The van der Waals surface area contributed by atoms with Crippen LogP contribution < -0.4 is 5.32 Å². The molecule has 112 valence electrons. The van der Waals surface area contributed by atoms with E-state index in [0.717, 1.165) is 12.5 Å². The average molecular weight is 274 g/mol. The highest BCUT2D eigenvalue weighted by Crippen LogP contribution is 2.43. The summed E-state index contributed by atoms with van der Waals surface area (Å²) in [5.41, 5.74) is 1.67. The molecule has 2 rings (SSSR count). The van der Waals surface area contributed by atoms with E-state index in [2.05, 4.69) is 68.5 Å². The summed E-state index contributed by atoms with van der Waals surface area (Å²) < 4.78 is 0. The molecule has 3 unspecified atom stereocenters. The number of hydrogen-bond donors (Lipinski definition) is 1. The second-order valence-corrected chi connectivity index (χ2v) is 6.60. The van der Waals surface area contributed by atoms with Crippen molar-refractivity contribution in [2.75, 3.05) is 20.6 Å². The fraction of sp³-hybridized carbons (Fsp3) is 0.667. The normalized spacial score (nSPS) is 28.6. The highest BCUT2D eigenvalue weighted by molar-refractivity contribution is 5.24. The van der Waals surface area contributed by atoms with Gasteiger partial charge in [0.15, 0.2) is 0 Å². The van der Waals surface area contributed by atoms with E-state index >= 15 is 0 Å². The van der Waals surface area contributed by atoms with Gasteiger partial charge in [-0.15, -0.1) is 0 Å². The van der Waals surface area contributed by atoms with E-state index in [1.165, 1.54) is 31.2 Å². The standard InChI is InChI=1S/C18H30N2/c1-5-19-17(16-11-7-6-8-12-16)18(20(3)4)13-9-10-15(2)14-18/h6-8,11-12,15,17,19H,5,9-10,13-14H2,1-4H3. The summed E-state index contributed by atoms with van der Waals surface area (Å²) in [6.07, 6.45) is 5.29. The van der Waals surface area contributed by atoms with Gasteiger partial charge >= 0.3 is 0 Å². The zero-order chi connectivity index (χ0) is 14.6. The van der Waals surface area contributed by atoms with Gasteiger partial charge in [0.25, 0.3) is 0 Å². The molecule has 2 heteroatoms. The van der Waals surface area contributed by atoms with E-state index in [0.29, 0.717) is 6.04 Å². The first kappa shape index (κ1) is 15.5. The summed E-state index contributed by atoms with van der Waals surface area (Å²) in [4.78, 5) is 2.48. The number of hydrogen-bond acceptors (Lipinski definition) is 2. The molecule has 3 atom stereocenters. The van der Waals surface area contributed by atoms with Crippen molar-refractivity contribution in [3.8, 4) is 0 Å². The number of benzene rings is 1. The van der Waals surface area contributed by atoms with Crippen LogP contribution in [0.15, 0.2) is 30.3 Å². The molecule has 1 aromatic rings. The summed E-state index contributed by atoms with van der Waals surface area (Å²) in [6.45, 7) is 5.64. The fourth-order valence-corrected chi connectivity index (χ4v) is 3.96. The van der Waals surface area contributed by atoms with Crippen molar-refractivity contribution in [3.63, 3.8) is 0 Å². The van der Waals surface area contributed by atoms with E-state index < -0.39 is 0 Å². The molecule has 1 aliphatic rings. The topological polar surface area (TPSA) is 15.3 Å². The first-order valence-corrected chi connectivity index (χ1v) is 8.06. The Hall–Kier alpha value is -0.860. The zero-order valence-corrected chi connectivity index (χ0v) is 13.5. The molecule has 1 aromatic carbocycles. The Morgan fingerprint density at radius 1 is 1.30 bits per heavy atom. The molecule has 0 bridgehead atoms. The summed E-state index contributed by atoms with van der Waals surface area (Å²) >= 11 is 0. The Labute approximate surface area is 124 Å². The van der Waals surface area contributed by atoms with Crippen LogP contribution in [0, 0.1) is 5.92 Å². The van der Waals surface area contributed by atoms with Crippen LogP contribution in [-0.4, -0.2) is 31.1 Å². The largest absolute Gasteiger partial charge is 0.309 e. The van der Waals surface area contributed by atoms with Gasteiger partial charge in [-0.2, -0.15) is 0 Å². The van der Waals surface area contributed by atoms with Crippen molar-refractivity contribution in [2.24, 2.45) is 5.92 Å².